The maximum absolute atomic E-state index is 8.78. The summed E-state index contributed by atoms with van der Waals surface area (Å²) in [5, 5.41) is 8.78. The van der Waals surface area contributed by atoms with Crippen molar-refractivity contribution in [2.45, 2.75) is 6.04 Å². The predicted octanol–water partition coefficient (Wildman–Crippen LogP) is 2.25. The Morgan fingerprint density at radius 1 is 1.46 bits per heavy atom. The first-order chi connectivity index (χ1) is 6.29. The van der Waals surface area contributed by atoms with Gasteiger partial charge in [0.15, 0.2) is 0 Å². The fourth-order valence-corrected chi connectivity index (χ4v) is 1.34. The molecular weight excluding hydrogens is 184 g/mol. The molecule has 1 rings (SSSR count). The van der Waals surface area contributed by atoms with E-state index >= 15 is 0 Å². The number of halogens is 1. The summed E-state index contributed by atoms with van der Waals surface area (Å²) >= 11 is 5.65. The fraction of sp³-hybridized carbons (Fsp3) is 0.300. The molecule has 0 radical (unpaired) electrons. The Morgan fingerprint density at radius 2 is 2.08 bits per heavy atom. The van der Waals surface area contributed by atoms with Gasteiger partial charge >= 0.3 is 0 Å². The Hall–Kier alpha value is -1.20. The number of benzene rings is 1. The van der Waals surface area contributed by atoms with Gasteiger partial charge in [-0.05, 0) is 12.1 Å². The van der Waals surface area contributed by atoms with Gasteiger partial charge in [-0.25, -0.2) is 0 Å². The van der Waals surface area contributed by atoms with E-state index in [9.17, 15) is 0 Å². The van der Waals surface area contributed by atoms with Crippen molar-refractivity contribution in [3.05, 3.63) is 30.3 Å². The Kier molecular flexibility index (Phi) is 3.60. The smallest absolute Gasteiger partial charge is 0.130 e. The third-order valence-corrected chi connectivity index (χ3v) is 2.22. The monoisotopic (exact) mass is 194 g/mol. The van der Waals surface area contributed by atoms with Crippen molar-refractivity contribution in [1.82, 2.24) is 0 Å². The van der Waals surface area contributed by atoms with E-state index < -0.39 is 0 Å². The highest BCUT2D eigenvalue weighted by atomic mass is 35.5. The third kappa shape index (κ3) is 2.37. The molecule has 0 aromatic heterocycles. The lowest BCUT2D eigenvalue weighted by Gasteiger charge is -2.22. The van der Waals surface area contributed by atoms with E-state index in [1.165, 1.54) is 0 Å². The van der Waals surface area contributed by atoms with Gasteiger partial charge in [-0.2, -0.15) is 5.26 Å². The van der Waals surface area contributed by atoms with Gasteiger partial charge in [0, 0.05) is 12.7 Å². The minimum absolute atomic E-state index is 0.260. The molecule has 68 valence electrons. The van der Waals surface area contributed by atoms with Gasteiger partial charge in [-0.15, -0.1) is 11.6 Å². The van der Waals surface area contributed by atoms with E-state index in [0.717, 1.165) is 5.69 Å². The van der Waals surface area contributed by atoms with Gasteiger partial charge in [0.25, 0.3) is 0 Å². The van der Waals surface area contributed by atoms with Crippen molar-refractivity contribution >= 4 is 17.3 Å². The summed E-state index contributed by atoms with van der Waals surface area (Å²) in [6.07, 6.45) is 0. The maximum Gasteiger partial charge on any atom is 0.130 e. The first kappa shape index (κ1) is 9.88. The van der Waals surface area contributed by atoms with Gasteiger partial charge in [-0.1, -0.05) is 18.2 Å². The van der Waals surface area contributed by atoms with Crippen LogP contribution in [0.1, 0.15) is 0 Å². The second-order valence-corrected chi connectivity index (χ2v) is 3.05. The van der Waals surface area contributed by atoms with Crippen molar-refractivity contribution < 1.29 is 0 Å². The number of hydrogen-bond acceptors (Lipinski definition) is 2. The van der Waals surface area contributed by atoms with Crippen LogP contribution in [0.4, 0.5) is 5.69 Å². The number of anilines is 1. The molecule has 1 aromatic carbocycles. The van der Waals surface area contributed by atoms with Crippen molar-refractivity contribution in [3.63, 3.8) is 0 Å². The zero-order chi connectivity index (χ0) is 9.68. The molecule has 1 atom stereocenters. The summed E-state index contributed by atoms with van der Waals surface area (Å²) in [4.78, 5) is 1.87. The number of hydrogen-bond donors (Lipinski definition) is 0. The van der Waals surface area contributed by atoms with Gasteiger partial charge in [0.2, 0.25) is 0 Å². The lowest BCUT2D eigenvalue weighted by atomic mass is 10.2. The summed E-state index contributed by atoms with van der Waals surface area (Å²) in [7, 11) is 1.87. The average Bonchev–Trinajstić information content (AvgIpc) is 2.21. The fourth-order valence-electron chi connectivity index (χ4n) is 1.07. The van der Waals surface area contributed by atoms with Crippen LogP contribution in [-0.4, -0.2) is 19.0 Å². The number of rotatable bonds is 3. The van der Waals surface area contributed by atoms with Crippen molar-refractivity contribution in [2.75, 3.05) is 17.8 Å². The van der Waals surface area contributed by atoms with E-state index in [-0.39, 0.29) is 6.04 Å². The molecule has 13 heavy (non-hydrogen) atoms. The topological polar surface area (TPSA) is 27.0 Å². The summed E-state index contributed by atoms with van der Waals surface area (Å²) in [5.41, 5.74) is 1.01. The van der Waals surface area contributed by atoms with E-state index in [1.807, 2.05) is 42.3 Å². The van der Waals surface area contributed by atoms with Crippen LogP contribution >= 0.6 is 11.6 Å². The molecule has 1 unspecified atom stereocenters. The molecule has 0 amide bonds. The van der Waals surface area contributed by atoms with Crippen LogP contribution in [0, 0.1) is 11.3 Å². The Bertz CT molecular complexity index is 292. The van der Waals surface area contributed by atoms with Crippen molar-refractivity contribution in [1.29, 1.82) is 5.26 Å². The molecule has 2 nitrogen and oxygen atoms in total. The van der Waals surface area contributed by atoms with E-state index in [2.05, 4.69) is 6.07 Å². The molecule has 0 fully saturated rings. The van der Waals surface area contributed by atoms with Crippen LogP contribution < -0.4 is 4.90 Å². The largest absolute Gasteiger partial charge is 0.358 e. The van der Waals surface area contributed by atoms with E-state index in [4.69, 9.17) is 16.9 Å². The second-order valence-electron chi connectivity index (χ2n) is 2.75. The molecule has 0 heterocycles. The second kappa shape index (κ2) is 4.74. The molecule has 0 saturated heterocycles. The Morgan fingerprint density at radius 3 is 2.54 bits per heavy atom. The molecule has 1 aromatic rings. The van der Waals surface area contributed by atoms with Gasteiger partial charge < -0.3 is 4.90 Å². The van der Waals surface area contributed by atoms with Crippen molar-refractivity contribution in [2.24, 2.45) is 0 Å². The lowest BCUT2D eigenvalue weighted by molar-refractivity contribution is 0.842. The molecule has 0 saturated carbocycles. The SMILES string of the molecule is CN(c1ccccc1)C(C#N)CCl. The van der Waals surface area contributed by atoms with Gasteiger partial charge in [-0.3, -0.25) is 0 Å². The van der Waals surface area contributed by atoms with Gasteiger partial charge in [0.05, 0.1) is 11.9 Å². The summed E-state index contributed by atoms with van der Waals surface area (Å²) in [6, 6.07) is 11.6. The highest BCUT2D eigenvalue weighted by molar-refractivity contribution is 6.18. The Balaban J connectivity index is 2.79. The highest BCUT2D eigenvalue weighted by Gasteiger charge is 2.11. The zero-order valence-electron chi connectivity index (χ0n) is 7.44. The van der Waals surface area contributed by atoms with Crippen LogP contribution in [0.15, 0.2) is 30.3 Å². The minimum Gasteiger partial charge on any atom is -0.358 e. The van der Waals surface area contributed by atoms with Crippen LogP contribution in [0.25, 0.3) is 0 Å². The van der Waals surface area contributed by atoms with Crippen LogP contribution in [0.5, 0.6) is 0 Å². The summed E-state index contributed by atoms with van der Waals surface area (Å²) < 4.78 is 0. The standard InChI is InChI=1S/C10H11ClN2/c1-13(10(7-11)8-12)9-5-3-2-4-6-9/h2-6,10H,7H2,1H3. The minimum atomic E-state index is -0.260. The first-order valence-corrected chi connectivity index (χ1v) is 4.56. The molecule has 0 spiro atoms. The van der Waals surface area contributed by atoms with Gasteiger partial charge in [0.1, 0.15) is 6.04 Å². The van der Waals surface area contributed by atoms with Crippen LogP contribution in [0.3, 0.4) is 0 Å². The quantitative estimate of drug-likeness (QED) is 0.691. The molecule has 3 heteroatoms. The molecular formula is C10H11ClN2. The molecule has 0 N–H and O–H groups in total. The summed E-state index contributed by atoms with van der Waals surface area (Å²) in [5.74, 6) is 0.321. The number of alkyl halides is 1. The number of nitrogens with zero attached hydrogens (tertiary/aromatic N) is 2. The molecule has 0 aliphatic rings. The number of para-hydroxylation sites is 1. The normalized spacial score (nSPS) is 11.8. The van der Waals surface area contributed by atoms with Crippen LogP contribution in [0.2, 0.25) is 0 Å². The highest BCUT2D eigenvalue weighted by Crippen LogP contribution is 2.14. The zero-order valence-corrected chi connectivity index (χ0v) is 8.20. The molecule has 0 bridgehead atoms. The third-order valence-electron chi connectivity index (χ3n) is 1.93. The maximum atomic E-state index is 8.78. The van der Waals surface area contributed by atoms with Crippen molar-refractivity contribution in [3.8, 4) is 6.07 Å². The summed E-state index contributed by atoms with van der Waals surface area (Å²) in [6.45, 7) is 0. The number of nitriles is 1. The Labute approximate surface area is 83.3 Å². The van der Waals surface area contributed by atoms with Crippen LogP contribution in [-0.2, 0) is 0 Å². The molecule has 0 aliphatic heterocycles. The van der Waals surface area contributed by atoms with E-state index in [1.54, 1.807) is 0 Å². The average molecular weight is 195 g/mol. The molecule has 0 aliphatic carbocycles. The first-order valence-electron chi connectivity index (χ1n) is 4.03. The lowest BCUT2D eigenvalue weighted by Crippen LogP contribution is -2.31. The van der Waals surface area contributed by atoms with E-state index in [0.29, 0.717) is 5.88 Å². The predicted molar refractivity (Wildman–Crippen MR) is 55.0 cm³/mol.